The van der Waals surface area contributed by atoms with Crippen molar-refractivity contribution in [2.45, 2.75) is 12.8 Å². The second-order valence-electron chi connectivity index (χ2n) is 4.13. The van der Waals surface area contributed by atoms with Gasteiger partial charge in [-0.05, 0) is 30.2 Å². The van der Waals surface area contributed by atoms with Crippen LogP contribution in [0, 0.1) is 0 Å². The molecule has 2 aromatic carbocycles. The monoisotopic (exact) mass is 274 g/mol. The smallest absolute Gasteiger partial charge is 0.238 e. The molecule has 2 rings (SSSR count). The van der Waals surface area contributed by atoms with Gasteiger partial charge >= 0.3 is 0 Å². The number of anilines is 1. The summed E-state index contributed by atoms with van der Waals surface area (Å²) in [7, 11) is 0. The van der Waals surface area contributed by atoms with Gasteiger partial charge in [0.05, 0.1) is 5.69 Å². The molecule has 0 aromatic heterocycles. The predicted octanol–water partition coefficient (Wildman–Crippen LogP) is 3.42. The van der Waals surface area contributed by atoms with Crippen LogP contribution in [0.1, 0.15) is 12.0 Å². The molecule has 0 saturated heterocycles. The Morgan fingerprint density at radius 1 is 1.00 bits per heavy atom. The summed E-state index contributed by atoms with van der Waals surface area (Å²) in [6.45, 7) is 0. The number of nitrogens with one attached hydrogen (secondary N) is 2. The molecule has 0 fully saturated rings. The number of para-hydroxylation sites is 1. The van der Waals surface area contributed by atoms with Crippen LogP contribution in [0.3, 0.4) is 0 Å². The Balaban J connectivity index is 1.78. The first-order chi connectivity index (χ1) is 9.25. The zero-order valence-corrected chi connectivity index (χ0v) is 11.2. The van der Waals surface area contributed by atoms with Gasteiger partial charge < -0.3 is 0 Å². The Kier molecular flexibility index (Phi) is 4.81. The Hall–Kier alpha value is -2.00. The van der Waals surface area contributed by atoms with Crippen LogP contribution in [-0.2, 0) is 11.2 Å². The summed E-state index contributed by atoms with van der Waals surface area (Å²) in [4.78, 5) is 11.7. The van der Waals surface area contributed by atoms with Crippen molar-refractivity contribution in [3.63, 3.8) is 0 Å². The van der Waals surface area contributed by atoms with Gasteiger partial charge in [-0.2, -0.15) is 0 Å². The Morgan fingerprint density at radius 2 is 1.68 bits per heavy atom. The predicted molar refractivity (Wildman–Crippen MR) is 78.0 cm³/mol. The zero-order chi connectivity index (χ0) is 13.5. The van der Waals surface area contributed by atoms with Crippen molar-refractivity contribution in [2.75, 3.05) is 5.43 Å². The third-order valence-electron chi connectivity index (χ3n) is 2.70. The maximum Gasteiger partial charge on any atom is 0.238 e. The fourth-order valence-electron chi connectivity index (χ4n) is 1.68. The van der Waals surface area contributed by atoms with E-state index in [1.807, 2.05) is 54.6 Å². The zero-order valence-electron chi connectivity index (χ0n) is 10.4. The van der Waals surface area contributed by atoms with Gasteiger partial charge in [0.25, 0.3) is 0 Å². The summed E-state index contributed by atoms with van der Waals surface area (Å²) in [6.07, 6.45) is 1.02. The number of halogens is 1. The van der Waals surface area contributed by atoms with E-state index in [4.69, 9.17) is 11.6 Å². The lowest BCUT2D eigenvalue weighted by atomic mass is 10.1. The average Bonchev–Trinajstić information content (AvgIpc) is 2.45. The standard InChI is InChI=1S/C15H15ClN2O/c16-14-9-5-4-6-12(14)10-11-15(19)18-17-13-7-2-1-3-8-13/h1-9,17H,10-11H2,(H,18,19). The van der Waals surface area contributed by atoms with Crippen LogP contribution in [0.4, 0.5) is 5.69 Å². The molecule has 0 aliphatic carbocycles. The number of carbonyl (C=O) groups is 1. The number of rotatable bonds is 5. The number of hydrogen-bond acceptors (Lipinski definition) is 2. The first kappa shape index (κ1) is 13.4. The molecule has 0 radical (unpaired) electrons. The van der Waals surface area contributed by atoms with E-state index in [0.29, 0.717) is 17.9 Å². The Bertz CT molecular complexity index is 543. The maximum atomic E-state index is 11.7. The molecule has 98 valence electrons. The van der Waals surface area contributed by atoms with Crippen molar-refractivity contribution in [3.05, 3.63) is 65.2 Å². The molecule has 4 heteroatoms. The minimum absolute atomic E-state index is 0.0660. The second kappa shape index (κ2) is 6.81. The number of aryl methyl sites for hydroxylation is 1. The summed E-state index contributed by atoms with van der Waals surface area (Å²) >= 11 is 6.03. The highest BCUT2D eigenvalue weighted by molar-refractivity contribution is 6.31. The van der Waals surface area contributed by atoms with Gasteiger partial charge in [-0.3, -0.25) is 15.6 Å². The van der Waals surface area contributed by atoms with E-state index < -0.39 is 0 Å². The number of hydrazine groups is 1. The van der Waals surface area contributed by atoms with Gasteiger partial charge in [-0.25, -0.2) is 0 Å². The molecule has 0 unspecified atom stereocenters. The van der Waals surface area contributed by atoms with Crippen molar-refractivity contribution >= 4 is 23.2 Å². The number of amides is 1. The van der Waals surface area contributed by atoms with Crippen LogP contribution in [-0.4, -0.2) is 5.91 Å². The van der Waals surface area contributed by atoms with Crippen LogP contribution in [0.2, 0.25) is 5.02 Å². The molecule has 0 saturated carbocycles. The van der Waals surface area contributed by atoms with Gasteiger partial charge in [0.2, 0.25) is 5.91 Å². The second-order valence-corrected chi connectivity index (χ2v) is 4.54. The first-order valence-electron chi connectivity index (χ1n) is 6.09. The molecular formula is C15H15ClN2O. The van der Waals surface area contributed by atoms with Gasteiger partial charge in [0, 0.05) is 11.4 Å². The average molecular weight is 275 g/mol. The van der Waals surface area contributed by atoms with Crippen molar-refractivity contribution in [2.24, 2.45) is 0 Å². The summed E-state index contributed by atoms with van der Waals surface area (Å²) in [5.74, 6) is -0.0660. The summed E-state index contributed by atoms with van der Waals surface area (Å²) in [5, 5.41) is 0.700. The summed E-state index contributed by atoms with van der Waals surface area (Å²) in [5.41, 5.74) is 7.36. The Labute approximate surface area is 117 Å². The fraction of sp³-hybridized carbons (Fsp3) is 0.133. The van der Waals surface area contributed by atoms with Gasteiger partial charge in [-0.1, -0.05) is 48.0 Å². The highest BCUT2D eigenvalue weighted by Crippen LogP contribution is 2.16. The molecule has 0 heterocycles. The highest BCUT2D eigenvalue weighted by atomic mass is 35.5. The number of benzene rings is 2. The number of carbonyl (C=O) groups excluding carboxylic acids is 1. The largest absolute Gasteiger partial charge is 0.299 e. The molecule has 0 atom stereocenters. The van der Waals surface area contributed by atoms with Gasteiger partial charge in [0.1, 0.15) is 0 Å². The van der Waals surface area contributed by atoms with Crippen LogP contribution in [0.25, 0.3) is 0 Å². The minimum atomic E-state index is -0.0660. The van der Waals surface area contributed by atoms with E-state index in [1.54, 1.807) is 0 Å². The minimum Gasteiger partial charge on any atom is -0.299 e. The number of hydrogen-bond donors (Lipinski definition) is 2. The Morgan fingerprint density at radius 3 is 2.42 bits per heavy atom. The molecule has 0 aliphatic heterocycles. The van der Waals surface area contributed by atoms with E-state index in [-0.39, 0.29) is 5.91 Å². The summed E-state index contributed by atoms with van der Waals surface area (Å²) < 4.78 is 0. The van der Waals surface area contributed by atoms with E-state index in [2.05, 4.69) is 10.9 Å². The quantitative estimate of drug-likeness (QED) is 0.821. The lowest BCUT2D eigenvalue weighted by molar-refractivity contribution is -0.120. The van der Waals surface area contributed by atoms with Gasteiger partial charge in [0.15, 0.2) is 0 Å². The van der Waals surface area contributed by atoms with Crippen LogP contribution >= 0.6 is 11.6 Å². The molecular weight excluding hydrogens is 260 g/mol. The highest BCUT2D eigenvalue weighted by Gasteiger charge is 2.04. The van der Waals surface area contributed by atoms with Crippen LogP contribution in [0.5, 0.6) is 0 Å². The van der Waals surface area contributed by atoms with Crippen LogP contribution in [0.15, 0.2) is 54.6 Å². The van der Waals surface area contributed by atoms with E-state index in [9.17, 15) is 4.79 Å². The molecule has 19 heavy (non-hydrogen) atoms. The third-order valence-corrected chi connectivity index (χ3v) is 3.07. The lowest BCUT2D eigenvalue weighted by Crippen LogP contribution is -2.29. The molecule has 1 amide bonds. The SMILES string of the molecule is O=C(CCc1ccccc1Cl)NNc1ccccc1. The fourth-order valence-corrected chi connectivity index (χ4v) is 1.91. The molecule has 2 N–H and O–H groups in total. The molecule has 0 spiro atoms. The van der Waals surface area contributed by atoms with Crippen molar-refractivity contribution in [1.29, 1.82) is 0 Å². The lowest BCUT2D eigenvalue weighted by Gasteiger charge is -2.08. The van der Waals surface area contributed by atoms with E-state index in [0.717, 1.165) is 11.3 Å². The van der Waals surface area contributed by atoms with Crippen molar-refractivity contribution < 1.29 is 4.79 Å². The van der Waals surface area contributed by atoms with Gasteiger partial charge in [-0.15, -0.1) is 0 Å². The normalized spacial score (nSPS) is 9.95. The summed E-state index contributed by atoms with van der Waals surface area (Å²) in [6, 6.07) is 17.0. The maximum absolute atomic E-state index is 11.7. The van der Waals surface area contributed by atoms with Crippen LogP contribution < -0.4 is 10.9 Å². The first-order valence-corrected chi connectivity index (χ1v) is 6.47. The molecule has 0 aliphatic rings. The molecule has 0 bridgehead atoms. The van der Waals surface area contributed by atoms with E-state index >= 15 is 0 Å². The van der Waals surface area contributed by atoms with Crippen molar-refractivity contribution in [1.82, 2.24) is 5.43 Å². The topological polar surface area (TPSA) is 41.1 Å². The van der Waals surface area contributed by atoms with E-state index in [1.165, 1.54) is 0 Å². The molecule has 2 aromatic rings. The van der Waals surface area contributed by atoms with Crippen molar-refractivity contribution in [3.8, 4) is 0 Å². The third kappa shape index (κ3) is 4.30. The molecule has 3 nitrogen and oxygen atoms in total.